The Kier molecular flexibility index (Phi) is 5.86. The molecule has 30 heavy (non-hydrogen) atoms. The van der Waals surface area contributed by atoms with Gasteiger partial charge < -0.3 is 29.2 Å². The van der Waals surface area contributed by atoms with Crippen molar-refractivity contribution in [2.24, 2.45) is 7.05 Å². The highest BCUT2D eigenvalue weighted by atomic mass is 16.5. The van der Waals surface area contributed by atoms with Gasteiger partial charge in [-0.3, -0.25) is 4.79 Å². The zero-order valence-corrected chi connectivity index (χ0v) is 17.5. The van der Waals surface area contributed by atoms with Crippen molar-refractivity contribution in [1.29, 1.82) is 0 Å². The lowest BCUT2D eigenvalue weighted by atomic mass is 10.0. The van der Waals surface area contributed by atoms with Gasteiger partial charge in [0, 0.05) is 41.3 Å². The SMILES string of the molecule is COc1cc(NC(=O)Cc2c(C(=O)O)n(C)c3ccc(C)cc23)cc(OC)c1OC. The van der Waals surface area contributed by atoms with Crippen LogP contribution in [0.15, 0.2) is 30.3 Å². The van der Waals surface area contributed by atoms with Crippen LogP contribution in [0.25, 0.3) is 10.9 Å². The minimum Gasteiger partial charge on any atom is -0.493 e. The number of aromatic carboxylic acids is 1. The van der Waals surface area contributed by atoms with E-state index in [4.69, 9.17) is 14.2 Å². The van der Waals surface area contributed by atoms with Crippen LogP contribution in [-0.4, -0.2) is 42.9 Å². The Morgan fingerprint density at radius 3 is 2.20 bits per heavy atom. The predicted molar refractivity (Wildman–Crippen MR) is 113 cm³/mol. The summed E-state index contributed by atoms with van der Waals surface area (Å²) in [5.74, 6) is -0.225. The molecule has 8 nitrogen and oxygen atoms in total. The molecule has 3 rings (SSSR count). The summed E-state index contributed by atoms with van der Waals surface area (Å²) in [5, 5.41) is 13.2. The van der Waals surface area contributed by atoms with Crippen LogP contribution in [0.1, 0.15) is 21.6 Å². The van der Waals surface area contributed by atoms with Crippen molar-refractivity contribution in [1.82, 2.24) is 4.57 Å². The fourth-order valence-electron chi connectivity index (χ4n) is 3.61. The van der Waals surface area contributed by atoms with E-state index in [-0.39, 0.29) is 18.0 Å². The minimum absolute atomic E-state index is 0.0932. The maximum absolute atomic E-state index is 12.8. The first kappa shape index (κ1) is 21.0. The number of methoxy groups -OCH3 is 3. The number of nitrogens with one attached hydrogen (secondary N) is 1. The van der Waals surface area contributed by atoms with Gasteiger partial charge in [-0.15, -0.1) is 0 Å². The number of aryl methyl sites for hydroxylation is 2. The Morgan fingerprint density at radius 2 is 1.67 bits per heavy atom. The number of fused-ring (bicyclic) bond motifs is 1. The van der Waals surface area contributed by atoms with Gasteiger partial charge >= 0.3 is 5.97 Å². The number of hydrogen-bond acceptors (Lipinski definition) is 5. The summed E-state index contributed by atoms with van der Waals surface area (Å²) in [6.07, 6.45) is -0.0981. The number of nitrogens with zero attached hydrogens (tertiary/aromatic N) is 1. The summed E-state index contributed by atoms with van der Waals surface area (Å²) < 4.78 is 17.5. The number of ether oxygens (including phenoxy) is 3. The van der Waals surface area contributed by atoms with E-state index in [9.17, 15) is 14.7 Å². The molecule has 0 unspecified atom stereocenters. The van der Waals surface area contributed by atoms with Crippen LogP contribution >= 0.6 is 0 Å². The standard InChI is InChI=1S/C22H24N2O6/c1-12-6-7-16-14(8-12)15(20(22(26)27)24(16)2)11-19(25)23-13-9-17(28-3)21(30-5)18(10-13)29-4/h6-10H,11H2,1-5H3,(H,23,25)(H,26,27). The fraction of sp³-hybridized carbons (Fsp3) is 0.273. The van der Waals surface area contributed by atoms with Crippen LogP contribution in [0.3, 0.4) is 0 Å². The van der Waals surface area contributed by atoms with E-state index in [1.165, 1.54) is 21.3 Å². The second-order valence-corrected chi connectivity index (χ2v) is 6.85. The Hall–Kier alpha value is -3.68. The Labute approximate surface area is 174 Å². The van der Waals surface area contributed by atoms with Gasteiger partial charge in [0.25, 0.3) is 0 Å². The lowest BCUT2D eigenvalue weighted by molar-refractivity contribution is -0.115. The fourth-order valence-corrected chi connectivity index (χ4v) is 3.61. The zero-order chi connectivity index (χ0) is 22.0. The lowest BCUT2D eigenvalue weighted by Crippen LogP contribution is -2.17. The second-order valence-electron chi connectivity index (χ2n) is 6.85. The van der Waals surface area contributed by atoms with Gasteiger partial charge in [-0.1, -0.05) is 11.6 Å². The van der Waals surface area contributed by atoms with E-state index in [2.05, 4.69) is 5.32 Å². The van der Waals surface area contributed by atoms with Crippen molar-refractivity contribution >= 4 is 28.5 Å². The van der Waals surface area contributed by atoms with Gasteiger partial charge in [-0.25, -0.2) is 4.79 Å². The predicted octanol–water partition coefficient (Wildman–Crippen LogP) is 3.39. The molecular formula is C22H24N2O6. The smallest absolute Gasteiger partial charge is 0.352 e. The van der Waals surface area contributed by atoms with Crippen molar-refractivity contribution in [2.75, 3.05) is 26.6 Å². The number of carboxylic acids is 1. The Balaban J connectivity index is 1.98. The number of carbonyl (C=O) groups excluding carboxylic acids is 1. The van der Waals surface area contributed by atoms with Gasteiger partial charge in [-0.05, 0) is 19.1 Å². The number of anilines is 1. The van der Waals surface area contributed by atoms with E-state index in [1.54, 1.807) is 23.7 Å². The lowest BCUT2D eigenvalue weighted by Gasteiger charge is -2.14. The molecule has 3 aromatic rings. The van der Waals surface area contributed by atoms with Gasteiger partial charge in [0.1, 0.15) is 5.69 Å². The van der Waals surface area contributed by atoms with E-state index in [0.29, 0.717) is 28.5 Å². The van der Waals surface area contributed by atoms with Gasteiger partial charge in [-0.2, -0.15) is 0 Å². The van der Waals surface area contributed by atoms with Crippen molar-refractivity contribution in [3.05, 3.63) is 47.2 Å². The van der Waals surface area contributed by atoms with Crippen LogP contribution in [0.2, 0.25) is 0 Å². The van der Waals surface area contributed by atoms with Crippen LogP contribution in [0, 0.1) is 6.92 Å². The minimum atomic E-state index is -1.08. The van der Waals surface area contributed by atoms with E-state index in [0.717, 1.165) is 16.5 Å². The number of amides is 1. The average Bonchev–Trinajstić information content (AvgIpc) is 2.97. The van der Waals surface area contributed by atoms with Crippen molar-refractivity contribution in [3.8, 4) is 17.2 Å². The Bertz CT molecular complexity index is 1110. The molecule has 0 fully saturated rings. The molecule has 2 aromatic carbocycles. The summed E-state index contributed by atoms with van der Waals surface area (Å²) in [7, 11) is 6.15. The zero-order valence-electron chi connectivity index (χ0n) is 17.5. The average molecular weight is 412 g/mol. The molecule has 0 aliphatic carbocycles. The first-order valence-electron chi connectivity index (χ1n) is 9.21. The van der Waals surface area contributed by atoms with Crippen LogP contribution < -0.4 is 19.5 Å². The molecule has 0 bridgehead atoms. The van der Waals surface area contributed by atoms with Crippen LogP contribution in [0.5, 0.6) is 17.2 Å². The van der Waals surface area contributed by atoms with Gasteiger partial charge in [0.15, 0.2) is 11.5 Å². The third-order valence-corrected chi connectivity index (χ3v) is 4.95. The molecule has 1 aromatic heterocycles. The van der Waals surface area contributed by atoms with Crippen molar-refractivity contribution < 1.29 is 28.9 Å². The van der Waals surface area contributed by atoms with E-state index < -0.39 is 5.97 Å². The first-order valence-corrected chi connectivity index (χ1v) is 9.21. The molecule has 0 spiro atoms. The van der Waals surface area contributed by atoms with Crippen LogP contribution in [-0.2, 0) is 18.3 Å². The second kappa shape index (κ2) is 8.36. The highest BCUT2D eigenvalue weighted by Crippen LogP contribution is 2.40. The topological polar surface area (TPSA) is 99.0 Å². The third-order valence-electron chi connectivity index (χ3n) is 4.95. The third kappa shape index (κ3) is 3.76. The van der Waals surface area contributed by atoms with Crippen molar-refractivity contribution in [2.45, 2.75) is 13.3 Å². The summed E-state index contributed by atoms with van der Waals surface area (Å²) in [6, 6.07) is 8.89. The molecule has 0 saturated heterocycles. The molecular weight excluding hydrogens is 388 g/mol. The maximum Gasteiger partial charge on any atom is 0.352 e. The molecule has 158 valence electrons. The summed E-state index contributed by atoms with van der Waals surface area (Å²) in [5.41, 5.74) is 2.75. The number of carbonyl (C=O) groups is 2. The molecule has 1 amide bonds. The maximum atomic E-state index is 12.8. The summed E-state index contributed by atoms with van der Waals surface area (Å²) >= 11 is 0. The van der Waals surface area contributed by atoms with Gasteiger partial charge in [0.05, 0.1) is 27.8 Å². The number of aromatic nitrogens is 1. The normalized spacial score (nSPS) is 10.7. The molecule has 8 heteroatoms. The summed E-state index contributed by atoms with van der Waals surface area (Å²) in [4.78, 5) is 24.7. The first-order chi connectivity index (χ1) is 14.3. The number of hydrogen-bond donors (Lipinski definition) is 2. The van der Waals surface area contributed by atoms with Gasteiger partial charge in [0.2, 0.25) is 11.7 Å². The van der Waals surface area contributed by atoms with E-state index in [1.807, 2.05) is 25.1 Å². The van der Waals surface area contributed by atoms with Crippen molar-refractivity contribution in [3.63, 3.8) is 0 Å². The molecule has 0 radical (unpaired) electrons. The quantitative estimate of drug-likeness (QED) is 0.617. The summed E-state index contributed by atoms with van der Waals surface area (Å²) in [6.45, 7) is 1.92. The molecule has 0 atom stereocenters. The molecule has 1 heterocycles. The molecule has 0 saturated carbocycles. The monoisotopic (exact) mass is 412 g/mol. The molecule has 2 N–H and O–H groups in total. The number of carboxylic acid groups (broad SMARTS) is 1. The van der Waals surface area contributed by atoms with Crippen LogP contribution in [0.4, 0.5) is 5.69 Å². The number of rotatable bonds is 7. The molecule has 0 aliphatic heterocycles. The highest BCUT2D eigenvalue weighted by molar-refractivity contribution is 6.03. The van der Waals surface area contributed by atoms with E-state index >= 15 is 0 Å². The molecule has 0 aliphatic rings. The number of benzene rings is 2. The highest BCUT2D eigenvalue weighted by Gasteiger charge is 2.23. The Morgan fingerprint density at radius 1 is 1.03 bits per heavy atom. The largest absolute Gasteiger partial charge is 0.493 e.